The molecule has 4 rings (SSSR count). The van der Waals surface area contributed by atoms with Gasteiger partial charge in [-0.15, -0.1) is 11.3 Å². The maximum atomic E-state index is 12.6. The van der Waals surface area contributed by atoms with Crippen molar-refractivity contribution < 1.29 is 4.79 Å². The maximum absolute atomic E-state index is 12.6. The lowest BCUT2D eigenvalue weighted by Crippen LogP contribution is -2.35. The summed E-state index contributed by atoms with van der Waals surface area (Å²) in [4.78, 5) is 13.4. The highest BCUT2D eigenvalue weighted by atomic mass is 32.1. The first-order valence-corrected chi connectivity index (χ1v) is 11.4. The van der Waals surface area contributed by atoms with Crippen LogP contribution in [0.2, 0.25) is 0 Å². The minimum Gasteiger partial charge on any atom is -0.351 e. The van der Waals surface area contributed by atoms with Crippen LogP contribution in [0.15, 0.2) is 48.5 Å². The molecule has 0 radical (unpaired) electrons. The van der Waals surface area contributed by atoms with Gasteiger partial charge in [-0.25, -0.2) is 0 Å². The molecule has 1 aromatic heterocycles. The van der Waals surface area contributed by atoms with Crippen LogP contribution >= 0.6 is 11.3 Å². The molecule has 152 valence electrons. The molecule has 0 saturated carbocycles. The van der Waals surface area contributed by atoms with Gasteiger partial charge in [0.2, 0.25) is 0 Å². The highest BCUT2D eigenvalue weighted by Gasteiger charge is 2.16. The molecule has 4 heteroatoms. The van der Waals surface area contributed by atoms with E-state index in [9.17, 15) is 4.79 Å². The average Bonchev–Trinajstić information content (AvgIpc) is 3.16. The van der Waals surface area contributed by atoms with Gasteiger partial charge in [0.1, 0.15) is 0 Å². The number of benzene rings is 2. The number of amides is 1. The normalized spacial score (nSPS) is 15.6. The first-order valence-electron chi connectivity index (χ1n) is 10.5. The monoisotopic (exact) mass is 406 g/mol. The predicted molar refractivity (Wildman–Crippen MR) is 124 cm³/mol. The van der Waals surface area contributed by atoms with Crippen LogP contribution in [0.3, 0.4) is 0 Å². The summed E-state index contributed by atoms with van der Waals surface area (Å²) in [5, 5.41) is 7.65. The fourth-order valence-electron chi connectivity index (χ4n) is 3.91. The number of nitrogens with one attached hydrogen (secondary N) is 2. The lowest BCUT2D eigenvalue weighted by molar-refractivity contribution is 0.0948. The highest BCUT2D eigenvalue weighted by Crippen LogP contribution is 2.31. The number of carbonyl (C=O) groups is 1. The summed E-state index contributed by atoms with van der Waals surface area (Å²) >= 11 is 1.58. The topological polar surface area (TPSA) is 41.1 Å². The Morgan fingerprint density at radius 3 is 2.41 bits per heavy atom. The van der Waals surface area contributed by atoms with Crippen LogP contribution in [0.1, 0.15) is 48.8 Å². The van der Waals surface area contributed by atoms with Crippen molar-refractivity contribution in [2.45, 2.75) is 39.0 Å². The Balaban J connectivity index is 1.49. The van der Waals surface area contributed by atoms with E-state index < -0.39 is 0 Å². The lowest BCUT2D eigenvalue weighted by atomic mass is 9.86. The summed E-state index contributed by atoms with van der Waals surface area (Å²) in [6, 6.07) is 17.3. The molecule has 0 bridgehead atoms. The molecule has 2 N–H and O–H groups in total. The van der Waals surface area contributed by atoms with Crippen LogP contribution in [0, 0.1) is 5.92 Å². The number of carbonyl (C=O) groups excluding carboxylic acids is 1. The van der Waals surface area contributed by atoms with Crippen LogP contribution in [-0.2, 0) is 5.41 Å². The quantitative estimate of drug-likeness (QED) is 0.592. The molecule has 29 heavy (non-hydrogen) atoms. The smallest absolute Gasteiger partial charge is 0.261 e. The van der Waals surface area contributed by atoms with Gasteiger partial charge in [0, 0.05) is 11.2 Å². The van der Waals surface area contributed by atoms with Crippen LogP contribution in [0.5, 0.6) is 0 Å². The lowest BCUT2D eigenvalue weighted by Gasteiger charge is -2.22. The third kappa shape index (κ3) is 4.71. The van der Waals surface area contributed by atoms with Crippen LogP contribution in [0.4, 0.5) is 0 Å². The maximum Gasteiger partial charge on any atom is 0.261 e. The Hall–Kier alpha value is -2.17. The van der Waals surface area contributed by atoms with Gasteiger partial charge >= 0.3 is 0 Å². The summed E-state index contributed by atoms with van der Waals surface area (Å²) in [5.74, 6) is 0.651. The zero-order valence-electron chi connectivity index (χ0n) is 17.5. The summed E-state index contributed by atoms with van der Waals surface area (Å²) in [6.07, 6.45) is 2.29. The van der Waals surface area contributed by atoms with E-state index in [1.807, 2.05) is 6.07 Å². The van der Waals surface area contributed by atoms with E-state index in [0.29, 0.717) is 5.92 Å². The van der Waals surface area contributed by atoms with Gasteiger partial charge in [0.15, 0.2) is 0 Å². The molecule has 3 aromatic rings. The number of thiophene rings is 1. The van der Waals surface area contributed by atoms with E-state index in [-0.39, 0.29) is 11.3 Å². The van der Waals surface area contributed by atoms with Gasteiger partial charge < -0.3 is 10.6 Å². The number of hydrogen-bond acceptors (Lipinski definition) is 3. The summed E-state index contributed by atoms with van der Waals surface area (Å²) in [5.41, 5.74) is 3.90. The molecular weight excluding hydrogens is 376 g/mol. The van der Waals surface area contributed by atoms with E-state index in [2.05, 4.69) is 73.9 Å². The summed E-state index contributed by atoms with van der Waals surface area (Å²) < 4.78 is 1.16. The highest BCUT2D eigenvalue weighted by molar-refractivity contribution is 7.20. The van der Waals surface area contributed by atoms with Gasteiger partial charge in [0.05, 0.1) is 4.88 Å². The van der Waals surface area contributed by atoms with Crippen molar-refractivity contribution in [3.63, 3.8) is 0 Å². The number of hydrogen-bond donors (Lipinski definition) is 2. The third-order valence-corrected chi connectivity index (χ3v) is 6.95. The van der Waals surface area contributed by atoms with Crippen LogP contribution < -0.4 is 10.6 Å². The van der Waals surface area contributed by atoms with Crippen molar-refractivity contribution in [3.05, 3.63) is 59.0 Å². The number of piperidine rings is 1. The fraction of sp³-hybridized carbons (Fsp3) is 0.400. The van der Waals surface area contributed by atoms with Gasteiger partial charge in [-0.2, -0.15) is 0 Å². The molecule has 2 aromatic carbocycles. The Morgan fingerprint density at radius 1 is 1.03 bits per heavy atom. The largest absolute Gasteiger partial charge is 0.351 e. The van der Waals surface area contributed by atoms with E-state index in [0.717, 1.165) is 47.4 Å². The second-order valence-electron chi connectivity index (χ2n) is 9.09. The molecule has 0 unspecified atom stereocenters. The molecule has 1 amide bonds. The van der Waals surface area contributed by atoms with E-state index in [1.54, 1.807) is 11.3 Å². The number of fused-ring (bicyclic) bond motifs is 1. The van der Waals surface area contributed by atoms with Crippen molar-refractivity contribution in [1.82, 2.24) is 10.6 Å². The Bertz CT molecular complexity index is 992. The van der Waals surface area contributed by atoms with E-state index in [4.69, 9.17) is 0 Å². The van der Waals surface area contributed by atoms with E-state index in [1.165, 1.54) is 16.7 Å². The first kappa shape index (κ1) is 20.1. The second kappa shape index (κ2) is 8.29. The standard InChI is InChI=1S/C25H30N2OS/c1-25(2,3)21-7-4-18(5-8-21)19-6-9-22-20(14-19)15-23(29-22)24(28)27-16-17-10-12-26-13-11-17/h4-9,14-15,17,26H,10-13,16H2,1-3H3,(H,27,28). The van der Waals surface area contributed by atoms with E-state index >= 15 is 0 Å². The van der Waals surface area contributed by atoms with Gasteiger partial charge in [-0.3, -0.25) is 4.79 Å². The molecule has 1 aliphatic rings. The van der Waals surface area contributed by atoms with Crippen LogP contribution in [0.25, 0.3) is 21.2 Å². The average molecular weight is 407 g/mol. The molecule has 2 heterocycles. The molecule has 0 aliphatic carbocycles. The Kier molecular flexibility index (Phi) is 5.75. The Morgan fingerprint density at radius 2 is 1.72 bits per heavy atom. The minimum absolute atomic E-state index is 0.0563. The SMILES string of the molecule is CC(C)(C)c1ccc(-c2ccc3sc(C(=O)NCC4CCNCC4)cc3c2)cc1. The zero-order valence-corrected chi connectivity index (χ0v) is 18.4. The molecule has 3 nitrogen and oxygen atoms in total. The van der Waals surface area contributed by atoms with Crippen LogP contribution in [-0.4, -0.2) is 25.5 Å². The summed E-state index contributed by atoms with van der Waals surface area (Å²) in [6.45, 7) is 9.59. The van der Waals surface area contributed by atoms with Crippen molar-refractivity contribution in [2.24, 2.45) is 5.92 Å². The minimum atomic E-state index is 0.0563. The van der Waals surface area contributed by atoms with Gasteiger partial charge in [-0.05, 0) is 77.5 Å². The third-order valence-electron chi connectivity index (χ3n) is 5.83. The van der Waals surface area contributed by atoms with Crippen molar-refractivity contribution in [3.8, 4) is 11.1 Å². The van der Waals surface area contributed by atoms with Crippen molar-refractivity contribution in [2.75, 3.05) is 19.6 Å². The fourth-order valence-corrected chi connectivity index (χ4v) is 4.87. The summed E-state index contributed by atoms with van der Waals surface area (Å²) in [7, 11) is 0. The molecule has 1 saturated heterocycles. The van der Waals surface area contributed by atoms with Gasteiger partial charge in [-0.1, -0.05) is 51.1 Å². The molecular formula is C25H30N2OS. The number of rotatable bonds is 4. The van der Waals surface area contributed by atoms with Crippen molar-refractivity contribution in [1.29, 1.82) is 0 Å². The second-order valence-corrected chi connectivity index (χ2v) is 10.2. The molecule has 1 fully saturated rings. The predicted octanol–water partition coefficient (Wildman–Crippen LogP) is 5.60. The molecule has 0 spiro atoms. The Labute approximate surface area is 177 Å². The zero-order chi connectivity index (χ0) is 20.4. The molecule has 1 aliphatic heterocycles. The van der Waals surface area contributed by atoms with Crippen molar-refractivity contribution >= 4 is 27.3 Å². The van der Waals surface area contributed by atoms with Gasteiger partial charge in [0.25, 0.3) is 5.91 Å². The first-order chi connectivity index (χ1) is 13.9. The molecule has 0 atom stereocenters.